The zero-order valence-corrected chi connectivity index (χ0v) is 14.9. The average molecular weight is 380 g/mol. The summed E-state index contributed by atoms with van der Waals surface area (Å²) < 4.78 is 5.49. The molecule has 1 aromatic rings. The highest BCUT2D eigenvalue weighted by atomic mass is 79.9. The molecule has 0 bridgehead atoms. The van der Waals surface area contributed by atoms with E-state index in [0.717, 1.165) is 10.6 Å². The zero-order valence-electron chi connectivity index (χ0n) is 11.8. The van der Waals surface area contributed by atoms with E-state index in [-0.39, 0.29) is 4.83 Å². The summed E-state index contributed by atoms with van der Waals surface area (Å²) in [5.74, 6) is 1.31. The lowest BCUT2D eigenvalue weighted by atomic mass is 9.92. The van der Waals surface area contributed by atoms with E-state index < -0.39 is 0 Å². The Kier molecular flexibility index (Phi) is 6.51. The van der Waals surface area contributed by atoms with E-state index in [9.17, 15) is 0 Å². The van der Waals surface area contributed by atoms with Gasteiger partial charge in [0.2, 0.25) is 0 Å². The van der Waals surface area contributed by atoms with Gasteiger partial charge in [-0.3, -0.25) is 0 Å². The van der Waals surface area contributed by atoms with Gasteiger partial charge >= 0.3 is 0 Å². The van der Waals surface area contributed by atoms with E-state index in [0.29, 0.717) is 23.3 Å². The van der Waals surface area contributed by atoms with Crippen LogP contribution in [0, 0.1) is 5.92 Å². The molecule has 1 atom stereocenters. The predicted molar refractivity (Wildman–Crippen MR) is 90.5 cm³/mol. The van der Waals surface area contributed by atoms with Crippen molar-refractivity contribution in [3.63, 3.8) is 0 Å². The maximum Gasteiger partial charge on any atom is 0.139 e. The number of alkyl halides is 1. The molecular weight excluding hydrogens is 359 g/mol. The second-order valence-electron chi connectivity index (χ2n) is 5.39. The third kappa shape index (κ3) is 4.05. The molecule has 0 heterocycles. The average Bonchev–Trinajstić information content (AvgIpc) is 2.71. The van der Waals surface area contributed by atoms with Crippen molar-refractivity contribution in [2.75, 3.05) is 6.61 Å². The number of benzene rings is 1. The predicted octanol–water partition coefficient (Wildman–Crippen LogP) is 6.80. The summed E-state index contributed by atoms with van der Waals surface area (Å²) in [7, 11) is 0. The third-order valence-electron chi connectivity index (χ3n) is 3.96. The molecule has 1 fully saturated rings. The quantitative estimate of drug-likeness (QED) is 0.412. The Morgan fingerprint density at radius 3 is 2.40 bits per heavy atom. The summed E-state index contributed by atoms with van der Waals surface area (Å²) in [6, 6.07) is 3.80. The number of rotatable bonds is 4. The minimum atomic E-state index is 0.279. The Hall–Kier alpha value is 0.0800. The Morgan fingerprint density at radius 1 is 1.15 bits per heavy atom. The topological polar surface area (TPSA) is 9.23 Å². The highest BCUT2D eigenvalue weighted by molar-refractivity contribution is 9.09. The van der Waals surface area contributed by atoms with Crippen molar-refractivity contribution in [1.82, 2.24) is 0 Å². The van der Waals surface area contributed by atoms with Crippen LogP contribution in [0.2, 0.25) is 10.0 Å². The molecule has 112 valence electrons. The molecule has 0 spiro atoms. The lowest BCUT2D eigenvalue weighted by Crippen LogP contribution is -2.07. The van der Waals surface area contributed by atoms with Gasteiger partial charge in [-0.15, -0.1) is 0 Å². The van der Waals surface area contributed by atoms with Gasteiger partial charge in [-0.25, -0.2) is 0 Å². The molecule has 1 aliphatic rings. The summed E-state index contributed by atoms with van der Waals surface area (Å²) >= 11 is 16.6. The highest BCUT2D eigenvalue weighted by Gasteiger charge is 2.24. The molecule has 20 heavy (non-hydrogen) atoms. The summed E-state index contributed by atoms with van der Waals surface area (Å²) in [4.78, 5) is 0.279. The molecule has 0 amide bonds. The van der Waals surface area contributed by atoms with Gasteiger partial charge in [-0.1, -0.05) is 64.8 Å². The monoisotopic (exact) mass is 378 g/mol. The van der Waals surface area contributed by atoms with Crippen LogP contribution in [0.15, 0.2) is 12.1 Å². The first-order chi connectivity index (χ1) is 9.63. The number of halogens is 3. The third-order valence-corrected chi connectivity index (χ3v) is 5.83. The van der Waals surface area contributed by atoms with Crippen LogP contribution in [0.3, 0.4) is 0 Å². The minimum absolute atomic E-state index is 0.279. The highest BCUT2D eigenvalue weighted by Crippen LogP contribution is 2.44. The van der Waals surface area contributed by atoms with Crippen LogP contribution < -0.4 is 4.74 Å². The molecule has 0 saturated heterocycles. The fourth-order valence-electron chi connectivity index (χ4n) is 2.88. The second-order valence-corrected chi connectivity index (χ2v) is 7.19. The van der Waals surface area contributed by atoms with Crippen molar-refractivity contribution in [3.8, 4) is 5.75 Å². The molecule has 0 radical (unpaired) electrons. The van der Waals surface area contributed by atoms with Crippen molar-refractivity contribution in [2.24, 2.45) is 5.92 Å². The molecule has 0 aliphatic heterocycles. The van der Waals surface area contributed by atoms with Gasteiger partial charge in [0.15, 0.2) is 0 Å². The van der Waals surface area contributed by atoms with Crippen LogP contribution in [0.1, 0.15) is 55.8 Å². The van der Waals surface area contributed by atoms with Crippen LogP contribution in [0.4, 0.5) is 0 Å². The first-order valence-electron chi connectivity index (χ1n) is 7.39. The molecule has 1 unspecified atom stereocenters. The molecule has 0 aromatic heterocycles. The van der Waals surface area contributed by atoms with Crippen molar-refractivity contribution >= 4 is 39.1 Å². The fraction of sp³-hybridized carbons (Fsp3) is 0.625. The second kappa shape index (κ2) is 7.91. The van der Waals surface area contributed by atoms with Crippen LogP contribution in [0.25, 0.3) is 0 Å². The number of ether oxygens (including phenoxy) is 1. The largest absolute Gasteiger partial charge is 0.492 e. The number of hydrogen-bond acceptors (Lipinski definition) is 1. The minimum Gasteiger partial charge on any atom is -0.492 e. The number of hydrogen-bond donors (Lipinski definition) is 0. The smallest absolute Gasteiger partial charge is 0.139 e. The first-order valence-corrected chi connectivity index (χ1v) is 9.06. The molecule has 1 aliphatic carbocycles. The van der Waals surface area contributed by atoms with E-state index in [1.807, 2.05) is 19.1 Å². The Balaban J connectivity index is 2.20. The van der Waals surface area contributed by atoms with E-state index in [2.05, 4.69) is 15.9 Å². The SMILES string of the molecule is CCOc1cc(Cl)c(C(Br)C2CCCCCC2)cc1Cl. The van der Waals surface area contributed by atoms with E-state index in [1.54, 1.807) is 0 Å². The van der Waals surface area contributed by atoms with Crippen molar-refractivity contribution in [1.29, 1.82) is 0 Å². The van der Waals surface area contributed by atoms with Crippen LogP contribution >= 0.6 is 39.1 Å². The summed E-state index contributed by atoms with van der Waals surface area (Å²) in [5, 5.41) is 1.38. The van der Waals surface area contributed by atoms with Gasteiger partial charge in [0.1, 0.15) is 5.75 Å². The van der Waals surface area contributed by atoms with E-state index in [4.69, 9.17) is 27.9 Å². The molecule has 1 aromatic carbocycles. The summed E-state index contributed by atoms with van der Waals surface area (Å²) in [6.45, 7) is 2.53. The Morgan fingerprint density at radius 2 is 1.80 bits per heavy atom. The Bertz CT molecular complexity index is 442. The Labute approximate surface area is 140 Å². The van der Waals surface area contributed by atoms with E-state index >= 15 is 0 Å². The van der Waals surface area contributed by atoms with Gasteiger partial charge in [0.05, 0.1) is 11.6 Å². The van der Waals surface area contributed by atoms with Gasteiger partial charge < -0.3 is 4.74 Å². The zero-order chi connectivity index (χ0) is 14.5. The summed E-state index contributed by atoms with van der Waals surface area (Å²) in [5.41, 5.74) is 1.09. The lowest BCUT2D eigenvalue weighted by Gasteiger charge is -2.23. The fourth-order valence-corrected chi connectivity index (χ4v) is 4.42. The normalized spacial score (nSPS) is 18.6. The van der Waals surface area contributed by atoms with Gasteiger partial charge in [0.25, 0.3) is 0 Å². The molecular formula is C16H21BrCl2O. The van der Waals surface area contributed by atoms with Crippen LogP contribution in [0.5, 0.6) is 5.75 Å². The molecule has 0 N–H and O–H groups in total. The van der Waals surface area contributed by atoms with Gasteiger partial charge in [-0.2, -0.15) is 0 Å². The van der Waals surface area contributed by atoms with Crippen LogP contribution in [-0.4, -0.2) is 6.61 Å². The van der Waals surface area contributed by atoms with Crippen molar-refractivity contribution < 1.29 is 4.74 Å². The molecule has 1 nitrogen and oxygen atoms in total. The molecule has 2 rings (SSSR count). The maximum absolute atomic E-state index is 6.42. The van der Waals surface area contributed by atoms with E-state index in [1.165, 1.54) is 38.5 Å². The summed E-state index contributed by atoms with van der Waals surface area (Å²) in [6.07, 6.45) is 7.86. The maximum atomic E-state index is 6.42. The lowest BCUT2D eigenvalue weighted by molar-refractivity contribution is 0.340. The molecule has 1 saturated carbocycles. The first kappa shape index (κ1) is 16.5. The van der Waals surface area contributed by atoms with Gasteiger partial charge in [-0.05, 0) is 37.3 Å². The van der Waals surface area contributed by atoms with Gasteiger partial charge in [0, 0.05) is 15.9 Å². The van der Waals surface area contributed by atoms with Crippen molar-refractivity contribution in [3.05, 3.63) is 27.7 Å². The molecule has 4 heteroatoms. The van der Waals surface area contributed by atoms with Crippen molar-refractivity contribution in [2.45, 2.75) is 50.3 Å². The van der Waals surface area contributed by atoms with Crippen LogP contribution in [-0.2, 0) is 0 Å². The standard InChI is InChI=1S/C16H21BrCl2O/c1-2-20-15-10-13(18)12(9-14(15)19)16(17)11-7-5-3-4-6-8-11/h9-11,16H,2-8H2,1H3.